The van der Waals surface area contributed by atoms with E-state index in [1.54, 1.807) is 11.8 Å². The zero-order valence-electron chi connectivity index (χ0n) is 7.04. The molecule has 0 aromatic rings. The zero-order chi connectivity index (χ0) is 8.85. The zero-order valence-corrected chi connectivity index (χ0v) is 7.86. The smallest absolute Gasteiger partial charge is 0.234 e. The van der Waals surface area contributed by atoms with E-state index in [0.29, 0.717) is 11.7 Å². The predicted octanol–water partition coefficient (Wildman–Crippen LogP) is 0.331. The van der Waals surface area contributed by atoms with Gasteiger partial charge in [0, 0.05) is 0 Å². The van der Waals surface area contributed by atoms with E-state index >= 15 is 0 Å². The summed E-state index contributed by atoms with van der Waals surface area (Å²) in [5.74, 6) is 0.497. The van der Waals surface area contributed by atoms with Crippen molar-refractivity contribution in [3.63, 3.8) is 0 Å². The summed E-state index contributed by atoms with van der Waals surface area (Å²) in [6.07, 6.45) is 0.679. The molecule has 3 nitrogen and oxygen atoms in total. The fourth-order valence-corrected chi connectivity index (χ4v) is 1.43. The molecule has 0 rings (SSSR count). The molecule has 1 unspecified atom stereocenters. The van der Waals surface area contributed by atoms with Crippen molar-refractivity contribution in [2.45, 2.75) is 31.6 Å². The second-order valence-corrected chi connectivity index (χ2v) is 4.40. The largest absolute Gasteiger partial charge is 0.368 e. The van der Waals surface area contributed by atoms with E-state index in [2.05, 4.69) is 13.8 Å². The van der Waals surface area contributed by atoms with E-state index in [1.165, 1.54) is 0 Å². The third-order valence-corrected chi connectivity index (χ3v) is 2.38. The predicted molar refractivity (Wildman–Crippen MR) is 49.4 cm³/mol. The molecule has 1 atom stereocenters. The highest BCUT2D eigenvalue weighted by molar-refractivity contribution is 7.99. The Bertz CT molecular complexity index is 128. The Morgan fingerprint density at radius 1 is 1.55 bits per heavy atom. The molecule has 0 aliphatic heterocycles. The first kappa shape index (κ1) is 10.8. The number of thioether (sulfide) groups is 1. The fraction of sp³-hybridized carbons (Fsp3) is 0.857. The third-order valence-electron chi connectivity index (χ3n) is 1.25. The van der Waals surface area contributed by atoms with Crippen LogP contribution in [0.2, 0.25) is 0 Å². The first-order chi connectivity index (χ1) is 5.04. The van der Waals surface area contributed by atoms with Gasteiger partial charge in [0.05, 0.1) is 6.04 Å². The van der Waals surface area contributed by atoms with E-state index in [0.717, 1.165) is 5.75 Å². The van der Waals surface area contributed by atoms with Crippen LogP contribution in [-0.2, 0) is 4.79 Å². The van der Waals surface area contributed by atoms with Crippen molar-refractivity contribution in [3.05, 3.63) is 0 Å². The van der Waals surface area contributed by atoms with Gasteiger partial charge in [0.2, 0.25) is 5.91 Å². The summed E-state index contributed by atoms with van der Waals surface area (Å²) in [6, 6.07) is -0.471. The lowest BCUT2D eigenvalue weighted by Gasteiger charge is -2.07. The highest BCUT2D eigenvalue weighted by Crippen LogP contribution is 2.10. The molecule has 0 fully saturated rings. The summed E-state index contributed by atoms with van der Waals surface area (Å²) in [5, 5.41) is 0.593. The lowest BCUT2D eigenvalue weighted by atomic mass is 10.2. The molecule has 11 heavy (non-hydrogen) atoms. The van der Waals surface area contributed by atoms with E-state index in [1.807, 2.05) is 0 Å². The van der Waals surface area contributed by atoms with E-state index in [4.69, 9.17) is 11.5 Å². The van der Waals surface area contributed by atoms with Crippen molar-refractivity contribution in [2.24, 2.45) is 11.5 Å². The Labute approximate surface area is 71.9 Å². The molecule has 0 saturated carbocycles. The molecule has 0 bridgehead atoms. The Morgan fingerprint density at radius 3 is 2.45 bits per heavy atom. The van der Waals surface area contributed by atoms with Crippen molar-refractivity contribution in [2.75, 3.05) is 5.75 Å². The van der Waals surface area contributed by atoms with Crippen molar-refractivity contribution in [3.8, 4) is 0 Å². The van der Waals surface area contributed by atoms with Gasteiger partial charge >= 0.3 is 0 Å². The average Bonchev–Trinajstić information content (AvgIpc) is 1.86. The lowest BCUT2D eigenvalue weighted by Crippen LogP contribution is -2.36. The molecular weight excluding hydrogens is 160 g/mol. The molecule has 0 aliphatic carbocycles. The van der Waals surface area contributed by atoms with Gasteiger partial charge in [-0.2, -0.15) is 11.8 Å². The quantitative estimate of drug-likeness (QED) is 0.634. The van der Waals surface area contributed by atoms with Crippen LogP contribution in [0, 0.1) is 0 Å². The monoisotopic (exact) mass is 176 g/mol. The summed E-state index contributed by atoms with van der Waals surface area (Å²) in [5.41, 5.74) is 10.4. The Morgan fingerprint density at radius 2 is 2.09 bits per heavy atom. The number of carbonyl (C=O) groups is 1. The van der Waals surface area contributed by atoms with Crippen molar-refractivity contribution < 1.29 is 4.79 Å². The van der Waals surface area contributed by atoms with Gasteiger partial charge in [0.15, 0.2) is 0 Å². The highest BCUT2D eigenvalue weighted by atomic mass is 32.2. The Hall–Kier alpha value is -0.220. The number of hydrogen-bond donors (Lipinski definition) is 2. The summed E-state index contributed by atoms with van der Waals surface area (Å²) in [6.45, 7) is 4.22. The molecule has 0 saturated heterocycles. The van der Waals surface area contributed by atoms with Gasteiger partial charge in [-0.15, -0.1) is 0 Å². The minimum absolute atomic E-state index is 0.408. The number of carbonyl (C=O) groups excluding carboxylic acids is 1. The standard InChI is InChI=1S/C7H16N2OS/c1-5(2)11-4-3-6(8)7(9)10/h5-6H,3-4,8H2,1-2H3,(H2,9,10). The van der Waals surface area contributed by atoms with Crippen molar-refractivity contribution in [1.29, 1.82) is 0 Å². The maximum Gasteiger partial charge on any atom is 0.234 e. The molecule has 4 heteroatoms. The van der Waals surface area contributed by atoms with Gasteiger partial charge in [0.25, 0.3) is 0 Å². The number of rotatable bonds is 5. The molecule has 4 N–H and O–H groups in total. The van der Waals surface area contributed by atoms with Crippen molar-refractivity contribution >= 4 is 17.7 Å². The minimum atomic E-state index is -0.471. The summed E-state index contributed by atoms with van der Waals surface area (Å²) >= 11 is 1.79. The highest BCUT2D eigenvalue weighted by Gasteiger charge is 2.08. The molecule has 1 amide bonds. The molecule has 0 aromatic heterocycles. The molecule has 0 heterocycles. The number of primary amides is 1. The van der Waals surface area contributed by atoms with Crippen LogP contribution in [0.5, 0.6) is 0 Å². The first-order valence-corrected chi connectivity index (χ1v) is 4.75. The summed E-state index contributed by atoms with van der Waals surface area (Å²) in [4.78, 5) is 10.5. The van der Waals surface area contributed by atoms with Crippen molar-refractivity contribution in [1.82, 2.24) is 0 Å². The van der Waals surface area contributed by atoms with Crippen LogP contribution in [0.15, 0.2) is 0 Å². The Balaban J connectivity index is 3.31. The lowest BCUT2D eigenvalue weighted by molar-refractivity contribution is -0.119. The van der Waals surface area contributed by atoms with Gasteiger partial charge in [-0.3, -0.25) is 4.79 Å². The van der Waals surface area contributed by atoms with Gasteiger partial charge in [0.1, 0.15) is 0 Å². The third kappa shape index (κ3) is 6.19. The van der Waals surface area contributed by atoms with Crippen LogP contribution >= 0.6 is 11.8 Å². The number of hydrogen-bond acceptors (Lipinski definition) is 3. The Kier molecular flexibility index (Phi) is 5.32. The average molecular weight is 176 g/mol. The van der Waals surface area contributed by atoms with Crippen LogP contribution in [0.3, 0.4) is 0 Å². The topological polar surface area (TPSA) is 69.1 Å². The van der Waals surface area contributed by atoms with E-state index in [9.17, 15) is 4.79 Å². The van der Waals surface area contributed by atoms with Gasteiger partial charge < -0.3 is 11.5 Å². The molecule has 0 spiro atoms. The summed E-state index contributed by atoms with van der Waals surface area (Å²) < 4.78 is 0. The maximum atomic E-state index is 10.5. The first-order valence-electron chi connectivity index (χ1n) is 3.70. The minimum Gasteiger partial charge on any atom is -0.368 e. The van der Waals surface area contributed by atoms with Crippen LogP contribution in [-0.4, -0.2) is 23.0 Å². The van der Waals surface area contributed by atoms with Gasteiger partial charge in [-0.1, -0.05) is 13.8 Å². The van der Waals surface area contributed by atoms with Crippen LogP contribution in [0.4, 0.5) is 0 Å². The molecule has 66 valence electrons. The van der Waals surface area contributed by atoms with E-state index < -0.39 is 11.9 Å². The molecule has 0 aliphatic rings. The summed E-state index contributed by atoms with van der Waals surface area (Å²) in [7, 11) is 0. The number of nitrogens with two attached hydrogens (primary N) is 2. The molecule has 0 radical (unpaired) electrons. The van der Waals surface area contributed by atoms with Gasteiger partial charge in [-0.05, 0) is 17.4 Å². The second kappa shape index (κ2) is 5.43. The van der Waals surface area contributed by atoms with E-state index in [-0.39, 0.29) is 0 Å². The van der Waals surface area contributed by atoms with Crippen LogP contribution < -0.4 is 11.5 Å². The fourth-order valence-electron chi connectivity index (χ4n) is 0.573. The molecular formula is C7H16N2OS. The number of amides is 1. The second-order valence-electron chi connectivity index (χ2n) is 2.72. The van der Waals surface area contributed by atoms with Gasteiger partial charge in [-0.25, -0.2) is 0 Å². The normalized spacial score (nSPS) is 13.5. The van der Waals surface area contributed by atoms with Crippen LogP contribution in [0.1, 0.15) is 20.3 Å². The molecule has 0 aromatic carbocycles. The SMILES string of the molecule is CC(C)SCCC(N)C(N)=O. The van der Waals surface area contributed by atoms with Crippen LogP contribution in [0.25, 0.3) is 0 Å². The maximum absolute atomic E-state index is 10.5.